The third kappa shape index (κ3) is 3.03. The normalized spacial score (nSPS) is 13.1. The summed E-state index contributed by atoms with van der Waals surface area (Å²) in [7, 11) is 1.49. The van der Waals surface area contributed by atoms with Gasteiger partial charge in [-0.2, -0.15) is 0 Å². The van der Waals surface area contributed by atoms with Gasteiger partial charge in [0.15, 0.2) is 5.69 Å². The number of hydrogen-bond donors (Lipinski definition) is 1. The number of amides is 1. The Hall–Kier alpha value is -3.22. The second-order valence-corrected chi connectivity index (χ2v) is 6.13. The fourth-order valence-electron chi connectivity index (χ4n) is 3.18. The van der Waals surface area contributed by atoms with Gasteiger partial charge in [-0.05, 0) is 31.4 Å². The third-order valence-corrected chi connectivity index (χ3v) is 4.47. The van der Waals surface area contributed by atoms with E-state index in [0.717, 1.165) is 30.8 Å². The van der Waals surface area contributed by atoms with Crippen LogP contribution in [0.4, 0.5) is 5.69 Å². The number of anilines is 1. The lowest BCUT2D eigenvalue weighted by Gasteiger charge is -2.18. The summed E-state index contributed by atoms with van der Waals surface area (Å²) in [6, 6.07) is 7.67. The number of imidazole rings is 1. The summed E-state index contributed by atoms with van der Waals surface area (Å²) in [6.07, 6.45) is 8.18. The van der Waals surface area contributed by atoms with E-state index in [9.17, 15) is 4.79 Å². The fraction of sp³-hybridized carbons (Fsp3) is 0.263. The van der Waals surface area contributed by atoms with Gasteiger partial charge in [-0.25, -0.2) is 9.97 Å². The van der Waals surface area contributed by atoms with Crippen LogP contribution in [0.2, 0.25) is 0 Å². The number of carbonyl (C=O) groups is 1. The molecule has 0 bridgehead atoms. The van der Waals surface area contributed by atoms with Crippen LogP contribution in [-0.4, -0.2) is 32.5 Å². The fourth-order valence-corrected chi connectivity index (χ4v) is 3.18. The molecule has 0 saturated carbocycles. The molecule has 1 aromatic carbocycles. The van der Waals surface area contributed by atoms with Crippen LogP contribution < -0.4 is 10.1 Å². The molecule has 26 heavy (non-hydrogen) atoms. The highest BCUT2D eigenvalue weighted by atomic mass is 16.5. The molecular formula is C19H19N5O2. The van der Waals surface area contributed by atoms with Gasteiger partial charge in [0.1, 0.15) is 5.82 Å². The van der Waals surface area contributed by atoms with Crippen molar-refractivity contribution in [2.75, 3.05) is 12.4 Å². The molecular weight excluding hydrogens is 330 g/mol. The predicted molar refractivity (Wildman–Crippen MR) is 97.1 cm³/mol. The Morgan fingerprint density at radius 3 is 2.96 bits per heavy atom. The summed E-state index contributed by atoms with van der Waals surface area (Å²) in [5.41, 5.74) is 3.03. The van der Waals surface area contributed by atoms with Crippen LogP contribution >= 0.6 is 0 Å². The van der Waals surface area contributed by atoms with Gasteiger partial charge in [0.25, 0.3) is 5.91 Å². The summed E-state index contributed by atoms with van der Waals surface area (Å²) in [4.78, 5) is 25.3. The van der Waals surface area contributed by atoms with Gasteiger partial charge < -0.3 is 14.6 Å². The zero-order valence-electron chi connectivity index (χ0n) is 14.5. The maximum Gasteiger partial charge on any atom is 0.276 e. The molecule has 1 aliphatic heterocycles. The number of para-hydroxylation sites is 1. The summed E-state index contributed by atoms with van der Waals surface area (Å²) in [5, 5.41) is 2.92. The highest BCUT2D eigenvalue weighted by molar-refractivity contribution is 6.04. The van der Waals surface area contributed by atoms with Crippen molar-refractivity contribution in [3.63, 3.8) is 0 Å². The molecule has 0 aliphatic carbocycles. The van der Waals surface area contributed by atoms with E-state index in [-0.39, 0.29) is 11.6 Å². The summed E-state index contributed by atoms with van der Waals surface area (Å²) >= 11 is 0. The smallest absolute Gasteiger partial charge is 0.276 e. The minimum atomic E-state index is -0.339. The lowest BCUT2D eigenvalue weighted by atomic mass is 10.1. The SMILES string of the molecule is COc1cncc(C(=O)Nc2ccccc2-c2ncc3n2CCCC3)n1. The molecule has 4 rings (SSSR count). The van der Waals surface area contributed by atoms with Crippen molar-refractivity contribution in [3.05, 3.63) is 54.2 Å². The lowest BCUT2D eigenvalue weighted by molar-refractivity contribution is 0.102. The first kappa shape index (κ1) is 16.3. The van der Waals surface area contributed by atoms with Gasteiger partial charge in [-0.1, -0.05) is 12.1 Å². The molecule has 0 radical (unpaired) electrons. The van der Waals surface area contributed by atoms with E-state index in [1.807, 2.05) is 30.5 Å². The van der Waals surface area contributed by atoms with Crippen molar-refractivity contribution in [3.8, 4) is 17.3 Å². The monoisotopic (exact) mass is 349 g/mol. The van der Waals surface area contributed by atoms with Crippen LogP contribution in [0, 0.1) is 0 Å². The largest absolute Gasteiger partial charge is 0.480 e. The number of ether oxygens (including phenoxy) is 1. The van der Waals surface area contributed by atoms with Crippen LogP contribution in [0.5, 0.6) is 5.88 Å². The number of nitrogens with one attached hydrogen (secondary N) is 1. The first-order chi connectivity index (χ1) is 12.8. The number of benzene rings is 1. The van der Waals surface area contributed by atoms with Crippen molar-refractivity contribution >= 4 is 11.6 Å². The summed E-state index contributed by atoms with van der Waals surface area (Å²) in [6.45, 7) is 0.953. The van der Waals surface area contributed by atoms with Crippen molar-refractivity contribution in [1.29, 1.82) is 0 Å². The van der Waals surface area contributed by atoms with E-state index in [2.05, 4.69) is 24.8 Å². The predicted octanol–water partition coefficient (Wildman–Crippen LogP) is 2.94. The van der Waals surface area contributed by atoms with Crippen LogP contribution in [-0.2, 0) is 13.0 Å². The average Bonchev–Trinajstić information content (AvgIpc) is 3.12. The molecule has 0 spiro atoms. The Bertz CT molecular complexity index is 951. The molecule has 0 unspecified atom stereocenters. The number of methoxy groups -OCH3 is 1. The number of carbonyl (C=O) groups excluding carboxylic acids is 1. The number of aromatic nitrogens is 4. The quantitative estimate of drug-likeness (QED) is 0.783. The highest BCUT2D eigenvalue weighted by Crippen LogP contribution is 2.30. The average molecular weight is 349 g/mol. The second kappa shape index (κ2) is 6.95. The van der Waals surface area contributed by atoms with Crippen LogP contribution in [0.25, 0.3) is 11.4 Å². The van der Waals surface area contributed by atoms with E-state index in [0.29, 0.717) is 11.6 Å². The number of fused-ring (bicyclic) bond motifs is 1. The Morgan fingerprint density at radius 1 is 1.19 bits per heavy atom. The first-order valence-electron chi connectivity index (χ1n) is 8.57. The summed E-state index contributed by atoms with van der Waals surface area (Å²) < 4.78 is 7.27. The molecule has 7 nitrogen and oxygen atoms in total. The molecule has 0 atom stereocenters. The van der Waals surface area contributed by atoms with Gasteiger partial charge in [-0.3, -0.25) is 9.78 Å². The number of rotatable bonds is 4. The van der Waals surface area contributed by atoms with E-state index in [1.54, 1.807) is 0 Å². The maximum atomic E-state index is 12.6. The Kier molecular flexibility index (Phi) is 4.35. The van der Waals surface area contributed by atoms with Crippen molar-refractivity contribution < 1.29 is 9.53 Å². The minimum absolute atomic E-state index is 0.198. The molecule has 1 aliphatic rings. The van der Waals surface area contributed by atoms with Gasteiger partial charge in [0.2, 0.25) is 5.88 Å². The molecule has 0 saturated heterocycles. The van der Waals surface area contributed by atoms with Crippen LogP contribution in [0.3, 0.4) is 0 Å². The number of nitrogens with zero attached hydrogens (tertiary/aromatic N) is 4. The van der Waals surface area contributed by atoms with Crippen LogP contribution in [0.15, 0.2) is 42.9 Å². The van der Waals surface area contributed by atoms with E-state index < -0.39 is 0 Å². The molecule has 0 fully saturated rings. The third-order valence-electron chi connectivity index (χ3n) is 4.47. The van der Waals surface area contributed by atoms with Crippen LogP contribution in [0.1, 0.15) is 29.0 Å². The molecule has 2 aromatic heterocycles. The van der Waals surface area contributed by atoms with E-state index in [1.165, 1.54) is 31.6 Å². The highest BCUT2D eigenvalue weighted by Gasteiger charge is 2.19. The number of aryl methyl sites for hydroxylation is 1. The Labute approximate surface area is 151 Å². The summed E-state index contributed by atoms with van der Waals surface area (Å²) in [5.74, 6) is 0.842. The maximum absolute atomic E-state index is 12.6. The molecule has 1 N–H and O–H groups in total. The van der Waals surface area contributed by atoms with Gasteiger partial charge in [0.05, 0.1) is 25.2 Å². The van der Waals surface area contributed by atoms with E-state index >= 15 is 0 Å². The molecule has 7 heteroatoms. The zero-order chi connectivity index (χ0) is 17.9. The van der Waals surface area contributed by atoms with Crippen molar-refractivity contribution in [2.45, 2.75) is 25.8 Å². The first-order valence-corrected chi connectivity index (χ1v) is 8.57. The van der Waals surface area contributed by atoms with Gasteiger partial charge in [-0.15, -0.1) is 0 Å². The molecule has 3 aromatic rings. The zero-order valence-corrected chi connectivity index (χ0v) is 14.5. The minimum Gasteiger partial charge on any atom is -0.480 e. The molecule has 132 valence electrons. The molecule has 3 heterocycles. The van der Waals surface area contributed by atoms with E-state index in [4.69, 9.17) is 4.74 Å². The molecule has 1 amide bonds. The second-order valence-electron chi connectivity index (χ2n) is 6.13. The number of hydrogen-bond acceptors (Lipinski definition) is 5. The van der Waals surface area contributed by atoms with Gasteiger partial charge in [0, 0.05) is 24.0 Å². The topological polar surface area (TPSA) is 81.9 Å². The van der Waals surface area contributed by atoms with Crippen molar-refractivity contribution in [1.82, 2.24) is 19.5 Å². The lowest BCUT2D eigenvalue weighted by Crippen LogP contribution is -2.16. The van der Waals surface area contributed by atoms with Gasteiger partial charge >= 0.3 is 0 Å². The Morgan fingerprint density at radius 2 is 2.08 bits per heavy atom. The standard InChI is InChI=1S/C19H19N5O2/c1-26-17-12-20-11-16(22-17)19(25)23-15-8-3-2-7-14(15)18-21-10-13-6-4-5-9-24(13)18/h2-3,7-8,10-12H,4-6,9H2,1H3,(H,23,25). The Balaban J connectivity index is 1.66. The van der Waals surface area contributed by atoms with Crippen molar-refractivity contribution in [2.24, 2.45) is 0 Å².